The standard InChI is InChI=1S/C18H18N2O4S/c1-20-16-14(24-4)6-5-7-15(16)25-18(20)19-17(21)12-10-11(22-2)8-9-13(12)23-3/h5-10H,1-4H3. The summed E-state index contributed by atoms with van der Waals surface area (Å²) in [6, 6.07) is 10.8. The van der Waals surface area contributed by atoms with Crippen LogP contribution in [0.25, 0.3) is 10.2 Å². The maximum atomic E-state index is 12.7. The molecule has 0 unspecified atom stereocenters. The van der Waals surface area contributed by atoms with E-state index in [2.05, 4.69) is 4.99 Å². The summed E-state index contributed by atoms with van der Waals surface area (Å²) < 4.78 is 18.7. The largest absolute Gasteiger partial charge is 0.497 e. The monoisotopic (exact) mass is 358 g/mol. The van der Waals surface area contributed by atoms with Crippen LogP contribution in [0.1, 0.15) is 10.4 Å². The molecule has 7 heteroatoms. The second-order valence-electron chi connectivity index (χ2n) is 5.23. The van der Waals surface area contributed by atoms with Crippen molar-refractivity contribution in [2.24, 2.45) is 12.0 Å². The summed E-state index contributed by atoms with van der Waals surface area (Å²) in [4.78, 5) is 17.6. The summed E-state index contributed by atoms with van der Waals surface area (Å²) in [5.74, 6) is 1.37. The Morgan fingerprint density at radius 1 is 1.04 bits per heavy atom. The van der Waals surface area contributed by atoms with Gasteiger partial charge in [-0.25, -0.2) is 0 Å². The molecule has 1 amide bonds. The second kappa shape index (κ2) is 6.98. The predicted molar refractivity (Wildman–Crippen MR) is 96.8 cm³/mol. The zero-order valence-corrected chi connectivity index (χ0v) is 15.2. The van der Waals surface area contributed by atoms with Crippen LogP contribution in [-0.2, 0) is 7.05 Å². The SMILES string of the molecule is COc1ccc(OC)c(C(=O)N=c2sc3cccc(OC)c3n2C)c1. The van der Waals surface area contributed by atoms with Crippen LogP contribution in [0.4, 0.5) is 0 Å². The van der Waals surface area contributed by atoms with Gasteiger partial charge in [-0.1, -0.05) is 17.4 Å². The van der Waals surface area contributed by atoms with E-state index in [0.29, 0.717) is 21.9 Å². The molecule has 0 saturated carbocycles. The minimum Gasteiger partial charge on any atom is -0.497 e. The molecule has 0 aliphatic heterocycles. The highest BCUT2D eigenvalue weighted by Crippen LogP contribution is 2.27. The minimum absolute atomic E-state index is 0.353. The van der Waals surface area contributed by atoms with Gasteiger partial charge in [-0.2, -0.15) is 4.99 Å². The number of aryl methyl sites for hydroxylation is 1. The summed E-state index contributed by atoms with van der Waals surface area (Å²) in [6.45, 7) is 0. The molecular weight excluding hydrogens is 340 g/mol. The van der Waals surface area contributed by atoms with E-state index in [4.69, 9.17) is 14.2 Å². The Kier molecular flexibility index (Phi) is 4.76. The van der Waals surface area contributed by atoms with Crippen LogP contribution in [-0.4, -0.2) is 31.8 Å². The third-order valence-corrected chi connectivity index (χ3v) is 4.94. The molecule has 3 aromatic rings. The summed E-state index contributed by atoms with van der Waals surface area (Å²) in [5, 5.41) is 0. The van der Waals surface area contributed by atoms with Crippen molar-refractivity contribution in [1.82, 2.24) is 4.57 Å². The molecule has 0 spiro atoms. The van der Waals surface area contributed by atoms with Gasteiger partial charge in [-0.05, 0) is 30.3 Å². The lowest BCUT2D eigenvalue weighted by Crippen LogP contribution is -2.14. The smallest absolute Gasteiger partial charge is 0.283 e. The molecule has 1 heterocycles. The number of hydrogen-bond acceptors (Lipinski definition) is 5. The van der Waals surface area contributed by atoms with Gasteiger partial charge < -0.3 is 18.8 Å². The van der Waals surface area contributed by atoms with E-state index in [9.17, 15) is 4.79 Å². The number of carbonyl (C=O) groups is 1. The van der Waals surface area contributed by atoms with Crippen LogP contribution in [0.3, 0.4) is 0 Å². The fraction of sp³-hybridized carbons (Fsp3) is 0.222. The van der Waals surface area contributed by atoms with Crippen LogP contribution in [0.2, 0.25) is 0 Å². The molecule has 6 nitrogen and oxygen atoms in total. The van der Waals surface area contributed by atoms with Gasteiger partial charge in [0.05, 0.1) is 31.6 Å². The topological polar surface area (TPSA) is 62.1 Å². The molecule has 0 bridgehead atoms. The fourth-order valence-electron chi connectivity index (χ4n) is 2.57. The highest BCUT2D eigenvalue weighted by atomic mass is 32.1. The summed E-state index contributed by atoms with van der Waals surface area (Å²) in [7, 11) is 6.54. The number of amides is 1. The first kappa shape index (κ1) is 17.0. The lowest BCUT2D eigenvalue weighted by molar-refractivity contribution is 0.0994. The first-order valence-electron chi connectivity index (χ1n) is 7.52. The van der Waals surface area contributed by atoms with Crippen LogP contribution >= 0.6 is 11.3 Å². The molecule has 130 valence electrons. The van der Waals surface area contributed by atoms with Crippen molar-refractivity contribution >= 4 is 27.5 Å². The summed E-state index contributed by atoms with van der Waals surface area (Å²) in [6.07, 6.45) is 0. The van der Waals surface area contributed by atoms with E-state index < -0.39 is 5.91 Å². The number of fused-ring (bicyclic) bond motifs is 1. The molecule has 2 aromatic carbocycles. The summed E-state index contributed by atoms with van der Waals surface area (Å²) >= 11 is 1.42. The number of ether oxygens (including phenoxy) is 3. The predicted octanol–water partition coefficient (Wildman–Crippen LogP) is 3.01. The molecule has 25 heavy (non-hydrogen) atoms. The first-order chi connectivity index (χ1) is 12.1. The van der Waals surface area contributed by atoms with Gasteiger partial charge in [-0.3, -0.25) is 4.79 Å². The molecular formula is C18H18N2O4S. The Balaban J connectivity index is 2.14. The third-order valence-electron chi connectivity index (χ3n) is 3.84. The van der Waals surface area contributed by atoms with Crippen molar-refractivity contribution in [3.63, 3.8) is 0 Å². The zero-order valence-electron chi connectivity index (χ0n) is 14.4. The first-order valence-corrected chi connectivity index (χ1v) is 8.34. The van der Waals surface area contributed by atoms with Crippen molar-refractivity contribution in [2.45, 2.75) is 0 Å². The molecule has 1 aromatic heterocycles. The maximum absolute atomic E-state index is 12.7. The number of para-hydroxylation sites is 1. The average Bonchev–Trinajstić information content (AvgIpc) is 2.96. The molecule has 0 N–H and O–H groups in total. The van der Waals surface area contributed by atoms with E-state index in [1.807, 2.05) is 29.8 Å². The number of thiazole rings is 1. The lowest BCUT2D eigenvalue weighted by Gasteiger charge is -2.07. The minimum atomic E-state index is -0.392. The number of aromatic nitrogens is 1. The molecule has 0 radical (unpaired) electrons. The van der Waals surface area contributed by atoms with Crippen molar-refractivity contribution < 1.29 is 19.0 Å². The molecule has 0 saturated heterocycles. The van der Waals surface area contributed by atoms with Crippen molar-refractivity contribution in [2.75, 3.05) is 21.3 Å². The Labute approximate surface area is 148 Å². The van der Waals surface area contributed by atoms with E-state index in [1.165, 1.54) is 18.4 Å². The third kappa shape index (κ3) is 3.10. The van der Waals surface area contributed by atoms with Crippen LogP contribution < -0.4 is 19.0 Å². The molecule has 3 rings (SSSR count). The Morgan fingerprint density at radius 2 is 1.80 bits per heavy atom. The van der Waals surface area contributed by atoms with E-state index >= 15 is 0 Å². The number of carbonyl (C=O) groups excluding carboxylic acids is 1. The van der Waals surface area contributed by atoms with Gasteiger partial charge in [0.1, 0.15) is 22.8 Å². The molecule has 0 aliphatic carbocycles. The Bertz CT molecular complexity index is 1000. The number of methoxy groups -OCH3 is 3. The van der Waals surface area contributed by atoms with E-state index in [1.54, 1.807) is 32.4 Å². The fourth-order valence-corrected chi connectivity index (χ4v) is 3.60. The van der Waals surface area contributed by atoms with Gasteiger partial charge in [-0.15, -0.1) is 0 Å². The number of nitrogens with zero attached hydrogens (tertiary/aromatic N) is 2. The maximum Gasteiger partial charge on any atom is 0.283 e. The Hall–Kier alpha value is -2.80. The van der Waals surface area contributed by atoms with Gasteiger partial charge in [0, 0.05) is 7.05 Å². The molecule has 0 fully saturated rings. The van der Waals surface area contributed by atoms with Crippen molar-refractivity contribution in [3.05, 3.63) is 46.8 Å². The Morgan fingerprint density at radius 3 is 2.48 bits per heavy atom. The lowest BCUT2D eigenvalue weighted by atomic mass is 10.2. The number of rotatable bonds is 4. The quantitative estimate of drug-likeness (QED) is 0.719. The van der Waals surface area contributed by atoms with Crippen LogP contribution in [0, 0.1) is 0 Å². The summed E-state index contributed by atoms with van der Waals surface area (Å²) in [5.41, 5.74) is 1.26. The average molecular weight is 358 g/mol. The van der Waals surface area contributed by atoms with Gasteiger partial charge in [0.15, 0.2) is 4.80 Å². The highest BCUT2D eigenvalue weighted by Gasteiger charge is 2.15. The van der Waals surface area contributed by atoms with E-state index in [0.717, 1.165) is 16.0 Å². The second-order valence-corrected chi connectivity index (χ2v) is 6.24. The molecule has 0 aliphatic rings. The van der Waals surface area contributed by atoms with E-state index in [-0.39, 0.29) is 0 Å². The molecule has 0 atom stereocenters. The van der Waals surface area contributed by atoms with Gasteiger partial charge >= 0.3 is 0 Å². The zero-order chi connectivity index (χ0) is 18.0. The van der Waals surface area contributed by atoms with Gasteiger partial charge in [0.2, 0.25) is 0 Å². The van der Waals surface area contributed by atoms with Crippen molar-refractivity contribution in [3.8, 4) is 17.2 Å². The van der Waals surface area contributed by atoms with Crippen LogP contribution in [0.15, 0.2) is 41.4 Å². The van der Waals surface area contributed by atoms with Gasteiger partial charge in [0.25, 0.3) is 5.91 Å². The van der Waals surface area contributed by atoms with Crippen molar-refractivity contribution in [1.29, 1.82) is 0 Å². The normalized spacial score (nSPS) is 11.6. The number of benzene rings is 2. The number of hydrogen-bond donors (Lipinski definition) is 0. The van der Waals surface area contributed by atoms with Crippen LogP contribution in [0.5, 0.6) is 17.2 Å². The highest BCUT2D eigenvalue weighted by molar-refractivity contribution is 7.16.